The fourth-order valence-electron chi connectivity index (χ4n) is 3.24. The van der Waals surface area contributed by atoms with Crippen LogP contribution in [0, 0.1) is 0 Å². The fourth-order valence-corrected chi connectivity index (χ4v) is 3.49. The molecule has 0 saturated heterocycles. The molecule has 0 amide bonds. The van der Waals surface area contributed by atoms with Crippen LogP contribution in [-0.4, -0.2) is 42.7 Å². The third-order valence-electron chi connectivity index (χ3n) is 4.98. The molecule has 0 aliphatic carbocycles. The summed E-state index contributed by atoms with van der Waals surface area (Å²) < 4.78 is 16.2. The first-order valence-electron chi connectivity index (χ1n) is 9.74. The maximum atomic E-state index is 12.7. The monoisotopic (exact) mass is 440 g/mol. The lowest BCUT2D eigenvalue weighted by molar-refractivity contribution is -0.139. The molecule has 162 valence electrons. The van der Waals surface area contributed by atoms with Gasteiger partial charge in [0.25, 0.3) is 0 Å². The number of carbonyl (C=O) groups is 2. The highest BCUT2D eigenvalue weighted by molar-refractivity contribution is 7.80. The highest BCUT2D eigenvalue weighted by atomic mass is 32.1. The van der Waals surface area contributed by atoms with Crippen LogP contribution in [0.1, 0.15) is 35.8 Å². The molecule has 0 radical (unpaired) electrons. The summed E-state index contributed by atoms with van der Waals surface area (Å²) >= 11 is 5.41. The molecular weight excluding hydrogens is 416 g/mol. The molecule has 1 unspecified atom stereocenters. The lowest BCUT2D eigenvalue weighted by atomic mass is 9.95. The molecule has 8 heteroatoms. The lowest BCUT2D eigenvalue weighted by Gasteiger charge is -2.35. The predicted octanol–water partition coefficient (Wildman–Crippen LogP) is 3.61. The van der Waals surface area contributed by atoms with Gasteiger partial charge in [0.1, 0.15) is 0 Å². The van der Waals surface area contributed by atoms with Crippen LogP contribution in [0.5, 0.6) is 11.5 Å². The van der Waals surface area contributed by atoms with Gasteiger partial charge in [0.15, 0.2) is 16.6 Å². The molecular formula is C23H24N2O5S. The number of hydrogen-bond donors (Lipinski definition) is 1. The Bertz CT molecular complexity index is 1040. The van der Waals surface area contributed by atoms with Crippen LogP contribution in [0.15, 0.2) is 59.8 Å². The highest BCUT2D eigenvalue weighted by Crippen LogP contribution is 2.36. The van der Waals surface area contributed by atoms with Gasteiger partial charge in [-0.05, 0) is 55.9 Å². The molecule has 0 saturated carbocycles. The first-order valence-corrected chi connectivity index (χ1v) is 10.2. The number of benzene rings is 2. The van der Waals surface area contributed by atoms with E-state index in [0.717, 1.165) is 0 Å². The second-order valence-corrected chi connectivity index (χ2v) is 7.21. The molecule has 1 N–H and O–H groups in total. The fraction of sp³-hybridized carbons (Fsp3) is 0.261. The van der Waals surface area contributed by atoms with Crippen LogP contribution in [0.2, 0.25) is 0 Å². The van der Waals surface area contributed by atoms with Crippen molar-refractivity contribution >= 4 is 29.3 Å². The normalized spacial score (nSPS) is 15.9. The summed E-state index contributed by atoms with van der Waals surface area (Å²) in [4.78, 5) is 26.8. The summed E-state index contributed by atoms with van der Waals surface area (Å²) in [6.07, 6.45) is 0. The van der Waals surface area contributed by atoms with Crippen molar-refractivity contribution < 1.29 is 23.8 Å². The second-order valence-electron chi connectivity index (χ2n) is 6.83. The van der Waals surface area contributed by atoms with Crippen LogP contribution in [-0.2, 0) is 9.53 Å². The Labute approximate surface area is 186 Å². The van der Waals surface area contributed by atoms with E-state index >= 15 is 0 Å². The topological polar surface area (TPSA) is 77.1 Å². The largest absolute Gasteiger partial charge is 0.493 e. The third-order valence-corrected chi connectivity index (χ3v) is 5.37. The van der Waals surface area contributed by atoms with Crippen LogP contribution >= 0.6 is 12.2 Å². The van der Waals surface area contributed by atoms with Gasteiger partial charge in [-0.2, -0.15) is 0 Å². The van der Waals surface area contributed by atoms with E-state index in [1.165, 1.54) is 7.11 Å². The Morgan fingerprint density at radius 2 is 1.81 bits per heavy atom. The molecule has 0 spiro atoms. The van der Waals surface area contributed by atoms with Gasteiger partial charge in [-0.25, -0.2) is 9.59 Å². The van der Waals surface area contributed by atoms with Crippen molar-refractivity contribution in [3.05, 3.63) is 70.9 Å². The number of rotatable bonds is 6. The number of carbonyl (C=O) groups excluding carboxylic acids is 2. The quantitative estimate of drug-likeness (QED) is 0.415. The Balaban J connectivity index is 1.96. The number of esters is 2. The number of thiocarbonyl (C=S) groups is 1. The minimum Gasteiger partial charge on any atom is -0.493 e. The number of ether oxygens (including phenoxy) is 3. The van der Waals surface area contributed by atoms with E-state index in [2.05, 4.69) is 5.32 Å². The Hall–Kier alpha value is -3.39. The molecule has 3 rings (SSSR count). The maximum Gasteiger partial charge on any atom is 0.343 e. The van der Waals surface area contributed by atoms with Gasteiger partial charge < -0.3 is 24.4 Å². The van der Waals surface area contributed by atoms with E-state index in [-0.39, 0.29) is 12.4 Å². The zero-order valence-electron chi connectivity index (χ0n) is 17.8. The van der Waals surface area contributed by atoms with E-state index in [1.54, 1.807) is 61.3 Å². The van der Waals surface area contributed by atoms with E-state index in [9.17, 15) is 9.59 Å². The van der Waals surface area contributed by atoms with Gasteiger partial charge >= 0.3 is 11.9 Å². The van der Waals surface area contributed by atoms with Gasteiger partial charge in [-0.1, -0.05) is 24.3 Å². The Morgan fingerprint density at radius 3 is 2.45 bits per heavy atom. The van der Waals surface area contributed by atoms with Crippen LogP contribution in [0.3, 0.4) is 0 Å². The summed E-state index contributed by atoms with van der Waals surface area (Å²) in [6.45, 7) is 3.83. The van der Waals surface area contributed by atoms with Gasteiger partial charge in [0.2, 0.25) is 0 Å². The number of allylic oxidation sites excluding steroid dienone is 1. The molecule has 0 fully saturated rings. The van der Waals surface area contributed by atoms with Gasteiger partial charge in [0, 0.05) is 12.7 Å². The zero-order valence-corrected chi connectivity index (χ0v) is 18.6. The first kappa shape index (κ1) is 22.3. The van der Waals surface area contributed by atoms with Gasteiger partial charge in [0.05, 0.1) is 30.9 Å². The van der Waals surface area contributed by atoms with E-state index < -0.39 is 18.0 Å². The van der Waals surface area contributed by atoms with E-state index in [1.807, 2.05) is 13.0 Å². The Morgan fingerprint density at radius 1 is 1.10 bits per heavy atom. The molecule has 0 aromatic heterocycles. The third kappa shape index (κ3) is 4.69. The summed E-state index contributed by atoms with van der Waals surface area (Å²) in [5.74, 6) is -0.290. The number of nitrogens with zero attached hydrogens (tertiary/aromatic N) is 1. The average molecular weight is 441 g/mol. The number of hydrogen-bond acceptors (Lipinski definition) is 6. The Kier molecular flexibility index (Phi) is 6.91. The lowest BCUT2D eigenvalue weighted by Crippen LogP contribution is -2.46. The van der Waals surface area contributed by atoms with Crippen LogP contribution < -0.4 is 14.8 Å². The molecule has 1 heterocycles. The first-order chi connectivity index (χ1) is 14.9. The van der Waals surface area contributed by atoms with Gasteiger partial charge in [-0.3, -0.25) is 0 Å². The predicted molar refractivity (Wildman–Crippen MR) is 120 cm³/mol. The van der Waals surface area contributed by atoms with Crippen molar-refractivity contribution in [3.63, 3.8) is 0 Å². The number of nitrogens with one attached hydrogen (secondary N) is 1. The maximum absolute atomic E-state index is 12.7. The summed E-state index contributed by atoms with van der Waals surface area (Å²) in [5, 5.41) is 3.66. The van der Waals surface area contributed by atoms with Gasteiger partial charge in [-0.15, -0.1) is 0 Å². The van der Waals surface area contributed by atoms with Crippen LogP contribution in [0.4, 0.5) is 0 Å². The number of methoxy groups -OCH3 is 1. The standard InChI is InChI=1S/C23H24N2O5S/c1-5-29-22(27)19-14(2)25(3)23(31)24-20(19)16-11-12-17(18(13-16)28-4)30-21(26)15-9-7-6-8-10-15/h6-13,20H,5H2,1-4H3,(H,24,31). The van der Waals surface area contributed by atoms with Crippen molar-refractivity contribution in [2.75, 3.05) is 20.8 Å². The van der Waals surface area contributed by atoms with Crippen molar-refractivity contribution in [1.82, 2.24) is 10.2 Å². The zero-order chi connectivity index (χ0) is 22.5. The minimum atomic E-state index is -0.532. The molecule has 1 atom stereocenters. The molecule has 0 bridgehead atoms. The molecule has 31 heavy (non-hydrogen) atoms. The molecule has 1 aliphatic heterocycles. The van der Waals surface area contributed by atoms with E-state index in [0.29, 0.717) is 33.3 Å². The summed E-state index contributed by atoms with van der Waals surface area (Å²) in [5.41, 5.74) is 2.30. The van der Waals surface area contributed by atoms with Crippen molar-refractivity contribution in [2.24, 2.45) is 0 Å². The molecule has 1 aliphatic rings. The summed E-state index contributed by atoms with van der Waals surface area (Å²) in [6, 6.07) is 13.3. The summed E-state index contributed by atoms with van der Waals surface area (Å²) in [7, 11) is 3.27. The van der Waals surface area contributed by atoms with Crippen molar-refractivity contribution in [3.8, 4) is 11.5 Å². The van der Waals surface area contributed by atoms with Crippen LogP contribution in [0.25, 0.3) is 0 Å². The molecule has 2 aromatic rings. The van der Waals surface area contributed by atoms with E-state index in [4.69, 9.17) is 26.4 Å². The van der Waals surface area contributed by atoms with Crippen molar-refractivity contribution in [2.45, 2.75) is 19.9 Å². The van der Waals surface area contributed by atoms with Crippen molar-refractivity contribution in [1.29, 1.82) is 0 Å². The second kappa shape index (κ2) is 9.61. The minimum absolute atomic E-state index is 0.258. The molecule has 2 aromatic carbocycles. The highest BCUT2D eigenvalue weighted by Gasteiger charge is 2.34. The SMILES string of the molecule is CCOC(=O)C1=C(C)N(C)C(=S)NC1c1ccc(OC(=O)c2ccccc2)c(OC)c1. The average Bonchev–Trinajstić information content (AvgIpc) is 2.78. The smallest absolute Gasteiger partial charge is 0.343 e. The molecule has 7 nitrogen and oxygen atoms in total.